The largest absolute Gasteiger partial charge is 0.497 e. The fraction of sp³-hybridized carbons (Fsp3) is 0.393. The monoisotopic (exact) mass is 509 g/mol. The van der Waals surface area contributed by atoms with Gasteiger partial charge in [-0.15, -0.1) is 11.3 Å². The first kappa shape index (κ1) is 25.7. The molecule has 0 bridgehead atoms. The van der Waals surface area contributed by atoms with Crippen LogP contribution in [0.5, 0.6) is 5.75 Å². The summed E-state index contributed by atoms with van der Waals surface area (Å²) in [6, 6.07) is 9.37. The zero-order valence-electron chi connectivity index (χ0n) is 21.2. The maximum Gasteiger partial charge on any atom is 0.336 e. The normalized spacial score (nSPS) is 21.6. The number of hydrogen-bond acceptors (Lipinski definition) is 8. The molecule has 4 rings (SSSR count). The van der Waals surface area contributed by atoms with E-state index >= 15 is 0 Å². The van der Waals surface area contributed by atoms with E-state index in [-0.39, 0.29) is 19.0 Å². The Balaban J connectivity index is 1.87. The van der Waals surface area contributed by atoms with Gasteiger partial charge in [-0.25, -0.2) is 4.79 Å². The van der Waals surface area contributed by atoms with Crippen LogP contribution in [0.15, 0.2) is 58.3 Å². The van der Waals surface area contributed by atoms with Gasteiger partial charge in [-0.05, 0) is 68.8 Å². The van der Waals surface area contributed by atoms with Gasteiger partial charge >= 0.3 is 11.9 Å². The molecular weight excluding hydrogens is 478 g/mol. The van der Waals surface area contributed by atoms with Gasteiger partial charge in [0.1, 0.15) is 11.7 Å². The molecule has 2 heterocycles. The summed E-state index contributed by atoms with van der Waals surface area (Å²) >= 11 is 1.49. The molecule has 2 aliphatic rings. The molecule has 3 atom stereocenters. The van der Waals surface area contributed by atoms with Crippen LogP contribution in [0.2, 0.25) is 0 Å². The van der Waals surface area contributed by atoms with Gasteiger partial charge in [-0.1, -0.05) is 12.1 Å². The SMILES string of the molecule is CCOC(=O)C1=C(C)NC2=C(C(=O)[C@H](C(=O)OCC)[C@@H](c3ccc(OC)cc3)C2)[C@H]1c1sccc1C. The topological polar surface area (TPSA) is 90.9 Å². The maximum absolute atomic E-state index is 14.2. The molecule has 0 radical (unpaired) electrons. The number of methoxy groups -OCH3 is 1. The Morgan fingerprint density at radius 1 is 1.06 bits per heavy atom. The molecule has 0 saturated carbocycles. The second kappa shape index (κ2) is 10.7. The fourth-order valence-corrected chi connectivity index (χ4v) is 6.17. The number of Topliss-reactive ketones (excluding diaryl/α,β-unsaturated/α-hetero) is 1. The van der Waals surface area contributed by atoms with Crippen LogP contribution in [0.3, 0.4) is 0 Å². The third-order valence-electron chi connectivity index (χ3n) is 6.76. The molecule has 0 spiro atoms. The molecule has 1 aromatic carbocycles. The highest BCUT2D eigenvalue weighted by Gasteiger charge is 2.49. The van der Waals surface area contributed by atoms with Gasteiger partial charge in [-0.2, -0.15) is 0 Å². The zero-order chi connectivity index (χ0) is 26.0. The molecule has 0 amide bonds. The average Bonchev–Trinajstić information content (AvgIpc) is 3.28. The minimum atomic E-state index is -1.02. The highest BCUT2D eigenvalue weighted by molar-refractivity contribution is 7.10. The predicted octanol–water partition coefficient (Wildman–Crippen LogP) is 4.78. The van der Waals surface area contributed by atoms with Gasteiger partial charge in [-0.3, -0.25) is 9.59 Å². The number of carbonyl (C=O) groups is 3. The Kier molecular flexibility index (Phi) is 7.64. The molecule has 1 N–H and O–H groups in total. The lowest BCUT2D eigenvalue weighted by Crippen LogP contribution is -2.43. The van der Waals surface area contributed by atoms with Gasteiger partial charge in [0.25, 0.3) is 0 Å². The molecular formula is C28H31NO6S. The average molecular weight is 510 g/mol. The molecule has 36 heavy (non-hydrogen) atoms. The number of benzene rings is 1. The molecule has 0 fully saturated rings. The standard InChI is InChI=1S/C28H31NO6S/c1-6-34-27(31)21-16(4)29-20-14-19(17-8-10-18(33-5)11-9-17)22(28(32)35-7-2)25(30)23(20)24(21)26-15(3)12-13-36-26/h8-13,19,22,24,29H,6-7,14H2,1-5H3/t19-,22-,24+/m1/s1. The smallest absolute Gasteiger partial charge is 0.336 e. The second-order valence-corrected chi connectivity index (χ2v) is 9.80. The lowest BCUT2D eigenvalue weighted by Gasteiger charge is -2.39. The van der Waals surface area contributed by atoms with E-state index < -0.39 is 29.7 Å². The van der Waals surface area contributed by atoms with Crippen LogP contribution < -0.4 is 10.1 Å². The van der Waals surface area contributed by atoms with Crippen molar-refractivity contribution >= 4 is 29.1 Å². The lowest BCUT2D eigenvalue weighted by molar-refractivity contribution is -0.152. The van der Waals surface area contributed by atoms with Gasteiger partial charge in [0.05, 0.1) is 31.8 Å². The Labute approximate surface area is 215 Å². The Hall–Kier alpha value is -3.39. The Morgan fingerprint density at radius 3 is 2.33 bits per heavy atom. The van der Waals surface area contributed by atoms with Gasteiger partial charge in [0.15, 0.2) is 5.78 Å². The second-order valence-electron chi connectivity index (χ2n) is 8.85. The van der Waals surface area contributed by atoms with Crippen molar-refractivity contribution in [3.63, 3.8) is 0 Å². The van der Waals surface area contributed by atoms with E-state index in [1.54, 1.807) is 21.0 Å². The van der Waals surface area contributed by atoms with E-state index in [1.165, 1.54) is 11.3 Å². The van der Waals surface area contributed by atoms with Crippen LogP contribution in [-0.2, 0) is 23.9 Å². The molecule has 1 aliphatic carbocycles. The third kappa shape index (κ3) is 4.57. The molecule has 0 unspecified atom stereocenters. The number of ketones is 1. The molecule has 1 aromatic heterocycles. The number of esters is 2. The Bertz CT molecular complexity index is 1240. The van der Waals surface area contributed by atoms with E-state index in [2.05, 4.69) is 5.32 Å². The van der Waals surface area contributed by atoms with Gasteiger partial charge in [0.2, 0.25) is 0 Å². The Morgan fingerprint density at radius 2 is 1.75 bits per heavy atom. The summed E-state index contributed by atoms with van der Waals surface area (Å²) in [6.07, 6.45) is 0.422. The summed E-state index contributed by atoms with van der Waals surface area (Å²) in [6.45, 7) is 7.66. The summed E-state index contributed by atoms with van der Waals surface area (Å²) in [4.78, 5) is 41.5. The van der Waals surface area contributed by atoms with Crippen molar-refractivity contribution < 1.29 is 28.6 Å². The number of aryl methyl sites for hydroxylation is 1. The summed E-state index contributed by atoms with van der Waals surface area (Å²) < 4.78 is 16.1. The summed E-state index contributed by atoms with van der Waals surface area (Å²) in [5.41, 5.74) is 4.05. The minimum absolute atomic E-state index is 0.169. The zero-order valence-corrected chi connectivity index (χ0v) is 22.0. The molecule has 0 saturated heterocycles. The maximum atomic E-state index is 14.2. The quantitative estimate of drug-likeness (QED) is 0.424. The van der Waals surface area contributed by atoms with Crippen molar-refractivity contribution in [2.45, 2.75) is 46.0 Å². The highest BCUT2D eigenvalue weighted by atomic mass is 32.1. The molecule has 2 aromatic rings. The van der Waals surface area contributed by atoms with Crippen LogP contribution in [0.25, 0.3) is 0 Å². The fourth-order valence-electron chi connectivity index (χ4n) is 5.12. The molecule has 7 nitrogen and oxygen atoms in total. The van der Waals surface area contributed by atoms with Crippen LogP contribution in [-0.4, -0.2) is 38.0 Å². The summed E-state index contributed by atoms with van der Waals surface area (Å²) in [5, 5.41) is 5.27. The van der Waals surface area contributed by atoms with Crippen LogP contribution in [0, 0.1) is 12.8 Å². The molecule has 8 heteroatoms. The first-order chi connectivity index (χ1) is 17.3. The number of allylic oxidation sites excluding steroid dienone is 3. The predicted molar refractivity (Wildman–Crippen MR) is 137 cm³/mol. The van der Waals surface area contributed by atoms with Crippen molar-refractivity contribution in [2.75, 3.05) is 20.3 Å². The first-order valence-corrected chi connectivity index (χ1v) is 13.0. The van der Waals surface area contributed by atoms with E-state index in [0.29, 0.717) is 29.0 Å². The van der Waals surface area contributed by atoms with Crippen LogP contribution >= 0.6 is 11.3 Å². The number of dihydropyridines is 1. The number of carbonyl (C=O) groups excluding carboxylic acids is 3. The summed E-state index contributed by atoms with van der Waals surface area (Å²) in [5.74, 6) is -2.71. The molecule has 190 valence electrons. The van der Waals surface area contributed by atoms with E-state index in [4.69, 9.17) is 14.2 Å². The van der Waals surface area contributed by atoms with Crippen molar-refractivity contribution in [1.82, 2.24) is 5.32 Å². The van der Waals surface area contributed by atoms with Gasteiger partial charge in [0, 0.05) is 27.8 Å². The number of hydrogen-bond donors (Lipinski definition) is 1. The van der Waals surface area contributed by atoms with Crippen molar-refractivity contribution in [3.8, 4) is 5.75 Å². The third-order valence-corrected chi connectivity index (χ3v) is 7.85. The first-order valence-electron chi connectivity index (χ1n) is 12.1. The number of ether oxygens (including phenoxy) is 3. The number of thiophene rings is 1. The highest BCUT2D eigenvalue weighted by Crippen LogP contribution is 2.49. The molecule has 1 aliphatic heterocycles. The number of rotatable bonds is 7. The van der Waals surface area contributed by atoms with Crippen molar-refractivity contribution in [2.24, 2.45) is 5.92 Å². The lowest BCUT2D eigenvalue weighted by atomic mass is 9.68. The van der Waals surface area contributed by atoms with Crippen molar-refractivity contribution in [1.29, 1.82) is 0 Å². The minimum Gasteiger partial charge on any atom is -0.497 e. The van der Waals surface area contributed by atoms with E-state index in [0.717, 1.165) is 21.7 Å². The van der Waals surface area contributed by atoms with Gasteiger partial charge < -0.3 is 19.5 Å². The van der Waals surface area contributed by atoms with Crippen LogP contribution in [0.4, 0.5) is 0 Å². The van der Waals surface area contributed by atoms with Crippen LogP contribution in [0.1, 0.15) is 55.0 Å². The van der Waals surface area contributed by atoms with Crippen molar-refractivity contribution in [3.05, 3.63) is 74.3 Å². The van der Waals surface area contributed by atoms with E-state index in [1.807, 2.05) is 49.6 Å². The number of nitrogens with one attached hydrogen (secondary N) is 1. The van der Waals surface area contributed by atoms with E-state index in [9.17, 15) is 14.4 Å². The summed E-state index contributed by atoms with van der Waals surface area (Å²) in [7, 11) is 1.59.